The quantitative estimate of drug-likeness (QED) is 0.740. The van der Waals surface area contributed by atoms with Gasteiger partial charge in [-0.3, -0.25) is 4.79 Å². The normalized spacial score (nSPS) is 24.1. The van der Waals surface area contributed by atoms with Gasteiger partial charge in [-0.25, -0.2) is 0 Å². The Morgan fingerprint density at radius 3 is 2.82 bits per heavy atom. The number of carbonyl (C=O) groups excluding carboxylic acids is 1. The lowest BCUT2D eigenvalue weighted by Gasteiger charge is -2.22. The molecule has 0 spiro atoms. The molecule has 1 aliphatic heterocycles. The predicted molar refractivity (Wildman–Crippen MR) is 68.7 cm³/mol. The molecular weight excluding hydrogens is 216 g/mol. The van der Waals surface area contributed by atoms with Gasteiger partial charge < -0.3 is 15.4 Å². The summed E-state index contributed by atoms with van der Waals surface area (Å²) in [4.78, 5) is 13.8. The van der Waals surface area contributed by atoms with Gasteiger partial charge in [0.1, 0.15) is 6.04 Å². The first-order valence-corrected chi connectivity index (χ1v) is 6.81. The van der Waals surface area contributed by atoms with E-state index in [9.17, 15) is 4.79 Å². The van der Waals surface area contributed by atoms with Crippen LogP contribution in [-0.2, 0) is 9.53 Å². The van der Waals surface area contributed by atoms with Crippen molar-refractivity contribution in [1.29, 1.82) is 0 Å². The van der Waals surface area contributed by atoms with E-state index in [1.54, 1.807) is 0 Å². The summed E-state index contributed by atoms with van der Waals surface area (Å²) in [5.41, 5.74) is 5.84. The molecule has 0 aromatic rings. The van der Waals surface area contributed by atoms with Gasteiger partial charge in [-0.1, -0.05) is 13.3 Å². The summed E-state index contributed by atoms with van der Waals surface area (Å²) in [6, 6.07) is -0.492. The van der Waals surface area contributed by atoms with Crippen molar-refractivity contribution in [2.45, 2.75) is 45.6 Å². The minimum atomic E-state index is -0.492. The largest absolute Gasteiger partial charge is 0.465 e. The lowest BCUT2D eigenvalue weighted by Crippen LogP contribution is -2.44. The molecule has 0 radical (unpaired) electrons. The Morgan fingerprint density at radius 2 is 2.18 bits per heavy atom. The van der Waals surface area contributed by atoms with Crippen molar-refractivity contribution in [3.8, 4) is 0 Å². The maximum Gasteiger partial charge on any atom is 0.324 e. The Hall–Kier alpha value is -0.610. The van der Waals surface area contributed by atoms with Crippen LogP contribution in [0.5, 0.6) is 0 Å². The number of hydrogen-bond acceptors (Lipinski definition) is 4. The Morgan fingerprint density at radius 1 is 1.41 bits per heavy atom. The topological polar surface area (TPSA) is 55.6 Å². The van der Waals surface area contributed by atoms with Crippen LogP contribution >= 0.6 is 0 Å². The van der Waals surface area contributed by atoms with E-state index < -0.39 is 6.04 Å². The van der Waals surface area contributed by atoms with Gasteiger partial charge in [0.25, 0.3) is 0 Å². The van der Waals surface area contributed by atoms with Gasteiger partial charge in [0.05, 0.1) is 6.61 Å². The maximum atomic E-state index is 11.4. The van der Waals surface area contributed by atoms with Crippen molar-refractivity contribution in [1.82, 2.24) is 4.90 Å². The molecule has 0 aliphatic carbocycles. The molecule has 1 heterocycles. The second kappa shape index (κ2) is 7.67. The average Bonchev–Trinajstić information content (AvgIpc) is 2.54. The summed E-state index contributed by atoms with van der Waals surface area (Å²) in [6.07, 6.45) is 5.01. The first-order valence-electron chi connectivity index (χ1n) is 6.81. The maximum absolute atomic E-state index is 11.4. The van der Waals surface area contributed by atoms with E-state index in [0.717, 1.165) is 19.0 Å². The van der Waals surface area contributed by atoms with Crippen molar-refractivity contribution in [2.24, 2.45) is 11.7 Å². The van der Waals surface area contributed by atoms with Crippen LogP contribution in [0.25, 0.3) is 0 Å². The van der Waals surface area contributed by atoms with Gasteiger partial charge in [-0.05, 0) is 45.2 Å². The van der Waals surface area contributed by atoms with Crippen molar-refractivity contribution >= 4 is 5.97 Å². The number of likely N-dealkylation sites (tertiary alicyclic amines) is 1. The van der Waals surface area contributed by atoms with Gasteiger partial charge in [-0.2, -0.15) is 0 Å². The zero-order chi connectivity index (χ0) is 12.7. The van der Waals surface area contributed by atoms with Crippen LogP contribution < -0.4 is 5.73 Å². The Balaban J connectivity index is 2.33. The Labute approximate surface area is 104 Å². The molecule has 0 bridgehead atoms. The van der Waals surface area contributed by atoms with Gasteiger partial charge in [0.15, 0.2) is 0 Å². The SMILES string of the molecule is CCOC(=O)C(N)CN1CCCC(CC)CC1. The minimum Gasteiger partial charge on any atom is -0.465 e. The Kier molecular flexibility index (Phi) is 6.52. The van der Waals surface area contributed by atoms with Crippen LogP contribution in [0, 0.1) is 5.92 Å². The molecule has 2 atom stereocenters. The summed E-state index contributed by atoms with van der Waals surface area (Å²) in [5.74, 6) is 0.572. The third-order valence-corrected chi connectivity index (χ3v) is 3.56. The summed E-state index contributed by atoms with van der Waals surface area (Å²) < 4.78 is 4.93. The Bertz CT molecular complexity index is 233. The molecular formula is C13H26N2O2. The molecule has 0 amide bonds. The molecule has 0 aromatic carbocycles. The highest BCUT2D eigenvalue weighted by atomic mass is 16.5. The molecule has 4 heteroatoms. The third kappa shape index (κ3) is 5.04. The van der Waals surface area contributed by atoms with Gasteiger partial charge in [0.2, 0.25) is 0 Å². The minimum absolute atomic E-state index is 0.274. The smallest absolute Gasteiger partial charge is 0.324 e. The second-order valence-electron chi connectivity index (χ2n) is 4.86. The average molecular weight is 242 g/mol. The second-order valence-corrected chi connectivity index (χ2v) is 4.86. The molecule has 1 rings (SSSR count). The highest BCUT2D eigenvalue weighted by Crippen LogP contribution is 2.20. The van der Waals surface area contributed by atoms with E-state index in [-0.39, 0.29) is 5.97 Å². The summed E-state index contributed by atoms with van der Waals surface area (Å²) in [7, 11) is 0. The molecule has 0 aromatic heterocycles. The molecule has 2 N–H and O–H groups in total. The molecule has 17 heavy (non-hydrogen) atoms. The van der Waals surface area contributed by atoms with Gasteiger partial charge >= 0.3 is 5.97 Å². The zero-order valence-electron chi connectivity index (χ0n) is 11.2. The molecule has 4 nitrogen and oxygen atoms in total. The van der Waals surface area contributed by atoms with E-state index >= 15 is 0 Å². The van der Waals surface area contributed by atoms with Crippen LogP contribution in [-0.4, -0.2) is 43.2 Å². The summed E-state index contributed by atoms with van der Waals surface area (Å²) in [5, 5.41) is 0. The molecule has 1 saturated heterocycles. The van der Waals surface area contributed by atoms with Crippen LogP contribution in [0.15, 0.2) is 0 Å². The fraction of sp³-hybridized carbons (Fsp3) is 0.923. The van der Waals surface area contributed by atoms with Crippen LogP contribution in [0.1, 0.15) is 39.5 Å². The summed E-state index contributed by atoms with van der Waals surface area (Å²) in [6.45, 7) is 7.22. The van der Waals surface area contributed by atoms with Crippen molar-refractivity contribution in [2.75, 3.05) is 26.2 Å². The van der Waals surface area contributed by atoms with E-state index in [1.165, 1.54) is 25.7 Å². The number of nitrogens with two attached hydrogens (primary N) is 1. The first kappa shape index (κ1) is 14.5. The first-order chi connectivity index (χ1) is 8.17. The van der Waals surface area contributed by atoms with Gasteiger partial charge in [0, 0.05) is 6.54 Å². The van der Waals surface area contributed by atoms with Crippen molar-refractivity contribution in [3.63, 3.8) is 0 Å². The van der Waals surface area contributed by atoms with Gasteiger partial charge in [-0.15, -0.1) is 0 Å². The highest BCUT2D eigenvalue weighted by molar-refractivity contribution is 5.75. The molecule has 1 aliphatic rings. The standard InChI is InChI=1S/C13H26N2O2/c1-3-11-6-5-8-15(9-7-11)10-12(14)13(16)17-4-2/h11-12H,3-10,14H2,1-2H3. The highest BCUT2D eigenvalue weighted by Gasteiger charge is 2.21. The number of esters is 1. The molecule has 2 unspecified atom stereocenters. The monoisotopic (exact) mass is 242 g/mol. The van der Waals surface area contributed by atoms with Crippen molar-refractivity contribution < 1.29 is 9.53 Å². The van der Waals surface area contributed by atoms with E-state index in [0.29, 0.717) is 13.2 Å². The lowest BCUT2D eigenvalue weighted by molar-refractivity contribution is -0.145. The fourth-order valence-corrected chi connectivity index (χ4v) is 2.42. The van der Waals surface area contributed by atoms with E-state index in [4.69, 9.17) is 10.5 Å². The number of hydrogen-bond donors (Lipinski definition) is 1. The molecule has 0 saturated carbocycles. The summed E-state index contributed by atoms with van der Waals surface area (Å²) >= 11 is 0. The third-order valence-electron chi connectivity index (χ3n) is 3.56. The fourth-order valence-electron chi connectivity index (χ4n) is 2.42. The van der Waals surface area contributed by atoms with Crippen LogP contribution in [0.2, 0.25) is 0 Å². The zero-order valence-corrected chi connectivity index (χ0v) is 11.2. The number of nitrogens with zero attached hydrogens (tertiary/aromatic N) is 1. The predicted octanol–water partition coefficient (Wildman–Crippen LogP) is 1.39. The van der Waals surface area contributed by atoms with E-state index in [1.807, 2.05) is 6.92 Å². The van der Waals surface area contributed by atoms with Crippen LogP contribution in [0.3, 0.4) is 0 Å². The van der Waals surface area contributed by atoms with Crippen molar-refractivity contribution in [3.05, 3.63) is 0 Å². The molecule has 1 fully saturated rings. The number of ether oxygens (including phenoxy) is 1. The number of rotatable bonds is 5. The number of carbonyl (C=O) groups is 1. The molecule has 100 valence electrons. The van der Waals surface area contributed by atoms with E-state index in [2.05, 4.69) is 11.8 Å². The van der Waals surface area contributed by atoms with Crippen LogP contribution in [0.4, 0.5) is 0 Å². The lowest BCUT2D eigenvalue weighted by atomic mass is 9.98.